The van der Waals surface area contributed by atoms with Gasteiger partial charge >= 0.3 is 0 Å². The first-order chi connectivity index (χ1) is 12.4. The van der Waals surface area contributed by atoms with Gasteiger partial charge in [0.25, 0.3) is 0 Å². The van der Waals surface area contributed by atoms with Crippen molar-refractivity contribution in [2.45, 2.75) is 0 Å². The van der Waals surface area contributed by atoms with E-state index in [2.05, 4.69) is 11.9 Å². The highest BCUT2D eigenvalue weighted by Crippen LogP contribution is 2.36. The smallest absolute Gasteiger partial charge is 0.168 e. The number of benzene rings is 2. The minimum absolute atomic E-state index is 0.0654. The third-order valence-corrected chi connectivity index (χ3v) is 4.07. The van der Waals surface area contributed by atoms with Crippen LogP contribution < -0.4 is 15.8 Å². The summed E-state index contributed by atoms with van der Waals surface area (Å²) in [5.74, 6) is -1.10. The topological polar surface area (TPSA) is 50.5 Å². The summed E-state index contributed by atoms with van der Waals surface area (Å²) >= 11 is 0. The largest absolute Gasteiger partial charge is 0.454 e. The number of hydrogen-bond acceptors (Lipinski definition) is 4. The molecule has 2 aromatic rings. The minimum Gasteiger partial charge on any atom is -0.454 e. The Morgan fingerprint density at radius 3 is 2.54 bits per heavy atom. The van der Waals surface area contributed by atoms with E-state index in [0.717, 1.165) is 29.1 Å². The Morgan fingerprint density at radius 2 is 1.85 bits per heavy atom. The summed E-state index contributed by atoms with van der Waals surface area (Å²) in [6, 6.07) is 8.24. The summed E-state index contributed by atoms with van der Waals surface area (Å²) in [4.78, 5) is 1.87. The molecule has 134 valence electrons. The van der Waals surface area contributed by atoms with Crippen molar-refractivity contribution >= 4 is 11.3 Å². The van der Waals surface area contributed by atoms with Gasteiger partial charge in [0.05, 0.1) is 11.4 Å². The lowest BCUT2D eigenvalue weighted by molar-refractivity contribution is 0.436. The number of allylic oxidation sites excluding steroid dienone is 2. The zero-order valence-electron chi connectivity index (χ0n) is 14.5. The second-order valence-corrected chi connectivity index (χ2v) is 5.88. The molecule has 0 radical (unpaired) electrons. The van der Waals surface area contributed by atoms with E-state index in [-0.39, 0.29) is 5.75 Å². The summed E-state index contributed by atoms with van der Waals surface area (Å²) in [6.45, 7) is 4.01. The monoisotopic (exact) mass is 355 g/mol. The third-order valence-electron chi connectivity index (χ3n) is 4.07. The molecule has 0 atom stereocenters. The van der Waals surface area contributed by atoms with Gasteiger partial charge in [-0.15, -0.1) is 0 Å². The Morgan fingerprint density at radius 1 is 1.12 bits per heavy atom. The molecular weight excluding hydrogens is 336 g/mol. The first kappa shape index (κ1) is 17.5. The molecule has 2 aromatic carbocycles. The number of halogens is 2. The number of rotatable bonds is 4. The number of hydrogen-bond donors (Lipinski definition) is 2. The van der Waals surface area contributed by atoms with Crippen molar-refractivity contribution in [2.24, 2.45) is 0 Å². The summed E-state index contributed by atoms with van der Waals surface area (Å²) in [7, 11) is 3.68. The maximum Gasteiger partial charge on any atom is 0.168 e. The Bertz CT molecular complexity index is 935. The van der Waals surface area contributed by atoms with Gasteiger partial charge in [-0.1, -0.05) is 6.58 Å². The predicted octanol–water partition coefficient (Wildman–Crippen LogP) is 4.24. The second-order valence-electron chi connectivity index (χ2n) is 5.88. The molecule has 0 bridgehead atoms. The zero-order valence-corrected chi connectivity index (χ0v) is 14.5. The SMILES string of the molecule is C=C1C(NC)=CC(c2cc(N)ccc2Oc2ccc(F)cc2F)=CN1C. The number of anilines is 1. The molecule has 4 nitrogen and oxygen atoms in total. The quantitative estimate of drug-likeness (QED) is 0.806. The molecule has 26 heavy (non-hydrogen) atoms. The van der Waals surface area contributed by atoms with Gasteiger partial charge in [0.1, 0.15) is 11.6 Å². The van der Waals surface area contributed by atoms with Gasteiger partial charge in [-0.3, -0.25) is 0 Å². The highest BCUT2D eigenvalue weighted by Gasteiger charge is 2.18. The van der Waals surface area contributed by atoms with Crippen molar-refractivity contribution in [1.82, 2.24) is 10.2 Å². The molecule has 0 saturated heterocycles. The first-order valence-corrected chi connectivity index (χ1v) is 7.95. The Kier molecular flexibility index (Phi) is 4.67. The molecule has 0 saturated carbocycles. The second kappa shape index (κ2) is 6.92. The Labute approximate surface area is 150 Å². The molecule has 0 aliphatic carbocycles. The lowest BCUT2D eigenvalue weighted by atomic mass is 10.0. The van der Waals surface area contributed by atoms with Gasteiger partial charge in [0, 0.05) is 43.2 Å². The normalized spacial score (nSPS) is 14.0. The molecule has 0 amide bonds. The van der Waals surface area contributed by atoms with E-state index >= 15 is 0 Å². The number of ether oxygens (including phenoxy) is 1. The van der Waals surface area contributed by atoms with Crippen LogP contribution in [-0.2, 0) is 0 Å². The van der Waals surface area contributed by atoms with E-state index in [1.165, 1.54) is 6.07 Å². The van der Waals surface area contributed by atoms with Crippen LogP contribution in [0.5, 0.6) is 11.5 Å². The van der Waals surface area contributed by atoms with E-state index in [9.17, 15) is 8.78 Å². The fourth-order valence-corrected chi connectivity index (χ4v) is 2.66. The molecule has 1 heterocycles. The first-order valence-electron chi connectivity index (χ1n) is 7.95. The maximum absolute atomic E-state index is 14.0. The zero-order chi connectivity index (χ0) is 18.8. The number of nitrogen functional groups attached to an aromatic ring is 1. The summed E-state index contributed by atoms with van der Waals surface area (Å²) < 4.78 is 32.8. The van der Waals surface area contributed by atoms with Gasteiger partial charge in [-0.2, -0.15) is 0 Å². The molecule has 1 aliphatic rings. The standard InChI is InChI=1S/C20H19F2N3O/c1-12-18(24-2)8-13(11-25(12)3)16-10-15(23)5-7-19(16)26-20-6-4-14(21)9-17(20)22/h4-11,24H,1,23H2,2-3H3. The highest BCUT2D eigenvalue weighted by atomic mass is 19.1. The van der Waals surface area contributed by atoms with Crippen molar-refractivity contribution in [2.75, 3.05) is 19.8 Å². The van der Waals surface area contributed by atoms with Crippen LogP contribution in [0.1, 0.15) is 5.56 Å². The van der Waals surface area contributed by atoms with Crippen LogP contribution in [0.25, 0.3) is 5.57 Å². The molecule has 3 rings (SSSR count). The number of nitrogens with zero attached hydrogens (tertiary/aromatic N) is 1. The van der Waals surface area contributed by atoms with E-state index < -0.39 is 11.6 Å². The van der Waals surface area contributed by atoms with Crippen LogP contribution in [0.15, 0.2) is 66.6 Å². The molecule has 0 aromatic heterocycles. The third kappa shape index (κ3) is 3.39. The van der Waals surface area contributed by atoms with E-state index in [4.69, 9.17) is 10.5 Å². The van der Waals surface area contributed by atoms with Crippen molar-refractivity contribution < 1.29 is 13.5 Å². The highest BCUT2D eigenvalue weighted by molar-refractivity contribution is 5.82. The lowest BCUT2D eigenvalue weighted by Gasteiger charge is -2.26. The van der Waals surface area contributed by atoms with Crippen LogP contribution >= 0.6 is 0 Å². The van der Waals surface area contributed by atoms with E-state index in [1.807, 2.05) is 24.2 Å². The summed E-state index contributed by atoms with van der Waals surface area (Å²) in [6.07, 6.45) is 3.79. The van der Waals surface area contributed by atoms with Crippen molar-refractivity contribution in [3.05, 3.63) is 83.8 Å². The van der Waals surface area contributed by atoms with E-state index in [1.54, 1.807) is 25.2 Å². The summed E-state index contributed by atoms with van der Waals surface area (Å²) in [5.41, 5.74) is 9.62. The lowest BCUT2D eigenvalue weighted by Crippen LogP contribution is -2.22. The van der Waals surface area contributed by atoms with Gasteiger partial charge < -0.3 is 20.7 Å². The number of likely N-dealkylation sites (N-methyl/N-ethyl adjacent to an activating group) is 2. The van der Waals surface area contributed by atoms with Gasteiger partial charge in [-0.05, 0) is 36.4 Å². The fraction of sp³-hybridized carbons (Fsp3) is 0.100. The van der Waals surface area contributed by atoms with Gasteiger partial charge in [0.2, 0.25) is 0 Å². The van der Waals surface area contributed by atoms with Crippen LogP contribution in [-0.4, -0.2) is 19.0 Å². The van der Waals surface area contributed by atoms with Crippen molar-refractivity contribution in [3.63, 3.8) is 0 Å². The molecule has 0 unspecified atom stereocenters. The van der Waals surface area contributed by atoms with Crippen LogP contribution in [0.3, 0.4) is 0 Å². The molecule has 1 aliphatic heterocycles. The fourth-order valence-electron chi connectivity index (χ4n) is 2.66. The average Bonchev–Trinajstić information content (AvgIpc) is 2.61. The molecule has 3 N–H and O–H groups in total. The molecule has 0 fully saturated rings. The van der Waals surface area contributed by atoms with Crippen molar-refractivity contribution in [1.29, 1.82) is 0 Å². The maximum atomic E-state index is 14.0. The van der Waals surface area contributed by atoms with Crippen LogP contribution in [0.2, 0.25) is 0 Å². The minimum atomic E-state index is -0.776. The molecule has 6 heteroatoms. The van der Waals surface area contributed by atoms with Crippen LogP contribution in [0.4, 0.5) is 14.5 Å². The molecule has 0 spiro atoms. The van der Waals surface area contributed by atoms with Gasteiger partial charge in [0.15, 0.2) is 11.6 Å². The van der Waals surface area contributed by atoms with Gasteiger partial charge in [-0.25, -0.2) is 8.78 Å². The number of nitrogens with two attached hydrogens (primary N) is 1. The Hall–Kier alpha value is -3.28. The molecular formula is C20H19F2N3O. The van der Waals surface area contributed by atoms with E-state index in [0.29, 0.717) is 17.0 Å². The van der Waals surface area contributed by atoms with Crippen LogP contribution in [0, 0.1) is 11.6 Å². The number of nitrogens with one attached hydrogen (secondary N) is 1. The van der Waals surface area contributed by atoms with Crippen molar-refractivity contribution in [3.8, 4) is 11.5 Å². The predicted molar refractivity (Wildman–Crippen MR) is 99.3 cm³/mol. The average molecular weight is 355 g/mol. The Balaban J connectivity index is 2.05. The summed E-state index contributed by atoms with van der Waals surface area (Å²) in [5, 5.41) is 3.09.